The Labute approximate surface area is 129 Å². The van der Waals surface area contributed by atoms with Gasteiger partial charge in [-0.15, -0.1) is 0 Å². The number of nitrogens with zero attached hydrogens (tertiary/aromatic N) is 1. The number of piperidine rings is 2. The molecule has 4 rings (SSSR count). The van der Waals surface area contributed by atoms with Crippen LogP contribution < -0.4 is 10.5 Å². The fourth-order valence-corrected chi connectivity index (χ4v) is 3.93. The first-order valence-electron chi connectivity index (χ1n) is 7.62. The molecular formula is C16H22N2O4. The molecule has 2 heterocycles. The maximum Gasteiger partial charge on any atom is 0.181 e. The van der Waals surface area contributed by atoms with Crippen LogP contribution in [0.3, 0.4) is 0 Å². The number of phenolic OH excluding ortho intramolecular Hbond substituents is 1. The lowest BCUT2D eigenvalue weighted by Gasteiger charge is -2.50. The van der Waals surface area contributed by atoms with Gasteiger partial charge in [-0.05, 0) is 30.5 Å². The first-order valence-corrected chi connectivity index (χ1v) is 7.62. The lowest BCUT2D eigenvalue weighted by atomic mass is 9.71. The lowest BCUT2D eigenvalue weighted by molar-refractivity contribution is -0.138. The smallest absolute Gasteiger partial charge is 0.181 e. The second-order valence-corrected chi connectivity index (χ2v) is 6.08. The maximum absolute atomic E-state index is 12.3. The fraction of sp³-hybridized carbons (Fsp3) is 0.562. The number of carbonyl (C=O) groups excluding carboxylic acids is 1. The van der Waals surface area contributed by atoms with E-state index in [1.807, 2.05) is 0 Å². The van der Waals surface area contributed by atoms with Gasteiger partial charge in [0.15, 0.2) is 11.5 Å². The van der Waals surface area contributed by atoms with Crippen molar-refractivity contribution in [2.45, 2.75) is 31.3 Å². The molecule has 0 radical (unpaired) electrons. The van der Waals surface area contributed by atoms with Crippen LogP contribution in [0.15, 0.2) is 12.1 Å². The van der Waals surface area contributed by atoms with Crippen LogP contribution in [-0.2, 0) is 4.79 Å². The predicted octanol–water partition coefficient (Wildman–Crippen LogP) is 1.07. The molecule has 2 saturated heterocycles. The number of fused-ring (bicyclic) bond motifs is 3. The lowest BCUT2D eigenvalue weighted by Crippen LogP contribution is -2.54. The standard InChI is InChI=1S/C16H22N2O4/c1-22-14-7-9(6-12(17)16(14)21)15-11-3-2-10(8-13(11)20)18(15)4-5-19/h6-7,10-11,15,19,21H,2-5,8,17H2,1H3. The predicted molar refractivity (Wildman–Crippen MR) is 81.7 cm³/mol. The normalized spacial score (nSPS) is 28.1. The minimum atomic E-state index is -0.107. The number of nitrogens with two attached hydrogens (primary N) is 1. The number of nitrogen functional groups attached to an aromatic ring is 1. The number of aliphatic hydroxyl groups excluding tert-OH is 1. The fourth-order valence-electron chi connectivity index (χ4n) is 3.93. The third kappa shape index (κ3) is 2.32. The molecule has 120 valence electrons. The number of carbonyl (C=O) groups is 1. The molecule has 22 heavy (non-hydrogen) atoms. The van der Waals surface area contributed by atoms with Gasteiger partial charge in [-0.3, -0.25) is 9.69 Å². The first kappa shape index (κ1) is 15.1. The van der Waals surface area contributed by atoms with Crippen LogP contribution in [0.5, 0.6) is 11.5 Å². The van der Waals surface area contributed by atoms with Crippen LogP contribution in [0, 0.1) is 5.92 Å². The van der Waals surface area contributed by atoms with Gasteiger partial charge in [-0.1, -0.05) is 0 Å². The van der Waals surface area contributed by atoms with Crippen molar-refractivity contribution in [1.82, 2.24) is 4.90 Å². The van der Waals surface area contributed by atoms with Gasteiger partial charge in [0, 0.05) is 31.0 Å². The molecule has 3 unspecified atom stereocenters. The Hall–Kier alpha value is -1.79. The Balaban J connectivity index is 2.04. The van der Waals surface area contributed by atoms with Crippen LogP contribution in [0.4, 0.5) is 5.69 Å². The molecule has 4 N–H and O–H groups in total. The number of hydrogen-bond donors (Lipinski definition) is 3. The summed E-state index contributed by atoms with van der Waals surface area (Å²) in [4.78, 5) is 14.5. The summed E-state index contributed by atoms with van der Waals surface area (Å²) in [5.41, 5.74) is 6.98. The van der Waals surface area contributed by atoms with Crippen molar-refractivity contribution in [3.63, 3.8) is 0 Å². The largest absolute Gasteiger partial charge is 0.503 e. The molecule has 6 nitrogen and oxygen atoms in total. The summed E-state index contributed by atoms with van der Waals surface area (Å²) in [6.45, 7) is 0.584. The van der Waals surface area contributed by atoms with Gasteiger partial charge in [-0.25, -0.2) is 0 Å². The monoisotopic (exact) mass is 306 g/mol. The molecule has 0 amide bonds. The Bertz CT molecular complexity index is 590. The second kappa shape index (κ2) is 5.78. The van der Waals surface area contributed by atoms with Crippen molar-refractivity contribution < 1.29 is 19.7 Å². The molecule has 3 fully saturated rings. The van der Waals surface area contributed by atoms with Crippen molar-refractivity contribution in [1.29, 1.82) is 0 Å². The number of aromatic hydroxyl groups is 1. The highest BCUT2D eigenvalue weighted by molar-refractivity contribution is 5.84. The van der Waals surface area contributed by atoms with E-state index < -0.39 is 0 Å². The van der Waals surface area contributed by atoms with Gasteiger partial charge in [-0.2, -0.15) is 0 Å². The van der Waals surface area contributed by atoms with Gasteiger partial charge >= 0.3 is 0 Å². The van der Waals surface area contributed by atoms with E-state index in [0.717, 1.165) is 18.4 Å². The number of ketones is 1. The number of rotatable bonds is 4. The maximum atomic E-state index is 12.3. The number of ether oxygens (including phenoxy) is 1. The van der Waals surface area contributed by atoms with Crippen LogP contribution in [0.1, 0.15) is 30.9 Å². The van der Waals surface area contributed by atoms with Crippen molar-refractivity contribution in [3.8, 4) is 11.5 Å². The highest BCUT2D eigenvalue weighted by atomic mass is 16.5. The van der Waals surface area contributed by atoms with E-state index in [0.29, 0.717) is 18.7 Å². The van der Waals surface area contributed by atoms with Crippen LogP contribution in [0.25, 0.3) is 0 Å². The molecule has 6 heteroatoms. The zero-order valence-corrected chi connectivity index (χ0v) is 12.7. The first-order chi connectivity index (χ1) is 10.6. The molecule has 1 aromatic carbocycles. The molecule has 2 aliphatic heterocycles. The molecule has 3 atom stereocenters. The Morgan fingerprint density at radius 2 is 2.18 bits per heavy atom. The van der Waals surface area contributed by atoms with Gasteiger partial charge in [0.1, 0.15) is 5.78 Å². The topological polar surface area (TPSA) is 96.0 Å². The molecule has 3 aliphatic rings. The number of methoxy groups -OCH3 is 1. The average Bonchev–Trinajstić information content (AvgIpc) is 2.51. The van der Waals surface area contributed by atoms with E-state index in [2.05, 4.69) is 4.90 Å². The van der Waals surface area contributed by atoms with E-state index >= 15 is 0 Å². The summed E-state index contributed by atoms with van der Waals surface area (Å²) in [7, 11) is 1.47. The number of hydrogen-bond acceptors (Lipinski definition) is 6. The number of aliphatic hydroxyl groups is 1. The quantitative estimate of drug-likeness (QED) is 0.569. The summed E-state index contributed by atoms with van der Waals surface area (Å²) >= 11 is 0. The molecule has 0 spiro atoms. The summed E-state index contributed by atoms with van der Waals surface area (Å²) in [6, 6.07) is 3.52. The number of anilines is 1. The molecule has 1 saturated carbocycles. The summed E-state index contributed by atoms with van der Waals surface area (Å²) in [6.07, 6.45) is 2.41. The molecular weight excluding hydrogens is 284 g/mol. The molecule has 0 aromatic heterocycles. The highest BCUT2D eigenvalue weighted by Gasteiger charge is 2.47. The zero-order chi connectivity index (χ0) is 15.9. The number of phenols is 1. The minimum Gasteiger partial charge on any atom is -0.503 e. The van der Waals surface area contributed by atoms with Crippen molar-refractivity contribution in [3.05, 3.63) is 17.7 Å². The second-order valence-electron chi connectivity index (χ2n) is 6.08. The number of benzene rings is 1. The van der Waals surface area contributed by atoms with E-state index in [1.165, 1.54) is 7.11 Å². The van der Waals surface area contributed by atoms with Crippen molar-refractivity contribution >= 4 is 11.5 Å². The van der Waals surface area contributed by atoms with Crippen LogP contribution in [-0.4, -0.2) is 47.2 Å². The van der Waals surface area contributed by atoms with Gasteiger partial charge in [0.05, 0.1) is 19.4 Å². The van der Waals surface area contributed by atoms with Crippen LogP contribution in [0.2, 0.25) is 0 Å². The molecule has 1 aliphatic carbocycles. The summed E-state index contributed by atoms with van der Waals surface area (Å²) in [5.74, 6) is 0.436. The Morgan fingerprint density at radius 3 is 2.82 bits per heavy atom. The van der Waals surface area contributed by atoms with E-state index in [9.17, 15) is 15.0 Å². The van der Waals surface area contributed by atoms with Crippen LogP contribution >= 0.6 is 0 Å². The highest BCUT2D eigenvalue weighted by Crippen LogP contribution is 2.47. The molecule has 2 bridgehead atoms. The van der Waals surface area contributed by atoms with Crippen molar-refractivity contribution in [2.24, 2.45) is 5.92 Å². The van der Waals surface area contributed by atoms with Gasteiger partial charge < -0.3 is 20.7 Å². The SMILES string of the molecule is COc1cc(C2C3CCC(CC3=O)N2CCO)cc(N)c1O. The Kier molecular flexibility index (Phi) is 3.97. The average molecular weight is 306 g/mol. The summed E-state index contributed by atoms with van der Waals surface area (Å²) < 4.78 is 5.18. The minimum absolute atomic E-state index is 0.0542. The summed E-state index contributed by atoms with van der Waals surface area (Å²) in [5, 5.41) is 19.3. The Morgan fingerprint density at radius 1 is 1.41 bits per heavy atom. The van der Waals surface area contributed by atoms with Gasteiger partial charge in [0.25, 0.3) is 0 Å². The van der Waals surface area contributed by atoms with Gasteiger partial charge in [0.2, 0.25) is 0 Å². The van der Waals surface area contributed by atoms with E-state index in [-0.39, 0.29) is 41.8 Å². The van der Waals surface area contributed by atoms with E-state index in [1.54, 1.807) is 12.1 Å². The number of Topliss-reactive ketones (excluding diaryl/α,β-unsaturated/α-hetero) is 1. The third-order valence-electron chi connectivity index (χ3n) is 4.92. The van der Waals surface area contributed by atoms with E-state index in [4.69, 9.17) is 10.5 Å². The van der Waals surface area contributed by atoms with Crippen molar-refractivity contribution in [2.75, 3.05) is 26.0 Å². The third-order valence-corrected chi connectivity index (χ3v) is 4.92. The molecule has 1 aromatic rings. The zero-order valence-electron chi connectivity index (χ0n) is 12.7.